The Kier molecular flexibility index (Phi) is 10.4. The van der Waals surface area contributed by atoms with Gasteiger partial charge < -0.3 is 14.9 Å². The number of thioether (sulfide) groups is 1. The second-order valence-corrected chi connectivity index (χ2v) is 10.9. The van der Waals surface area contributed by atoms with Gasteiger partial charge in [0.25, 0.3) is 11.1 Å². The highest BCUT2D eigenvalue weighted by atomic mass is 79.9. The van der Waals surface area contributed by atoms with E-state index >= 15 is 0 Å². The molecule has 4 aromatic heterocycles. The SMILES string of the molecule is CCCCCn1c(SCCCn2c(Br)nc3c2c(=O)[nH]c(=O)n3C)nc2c1c(=O)n(CCCN)c(=O)n2C.Cl. The molecule has 0 unspecified atom stereocenters. The lowest BCUT2D eigenvalue weighted by molar-refractivity contribution is 0.561. The number of halogens is 2. The predicted molar refractivity (Wildman–Crippen MR) is 158 cm³/mol. The number of unbranched alkanes of at least 4 members (excludes halogenated alkanes) is 2. The molecule has 0 aromatic carbocycles. The molecular weight excluding hydrogens is 614 g/mol. The zero-order valence-corrected chi connectivity index (χ0v) is 25.3. The Morgan fingerprint density at radius 2 is 1.54 bits per heavy atom. The first-order valence-electron chi connectivity index (χ1n) is 12.6. The van der Waals surface area contributed by atoms with Crippen molar-refractivity contribution < 1.29 is 0 Å². The van der Waals surface area contributed by atoms with Crippen molar-refractivity contribution in [2.24, 2.45) is 19.8 Å². The van der Waals surface area contributed by atoms with Crippen LogP contribution in [0.3, 0.4) is 0 Å². The van der Waals surface area contributed by atoms with Crippen molar-refractivity contribution in [2.45, 2.75) is 63.8 Å². The van der Waals surface area contributed by atoms with Crippen molar-refractivity contribution in [3.63, 3.8) is 0 Å². The van der Waals surface area contributed by atoms with Gasteiger partial charge in [0.2, 0.25) is 0 Å². The van der Waals surface area contributed by atoms with Gasteiger partial charge in [-0.05, 0) is 41.7 Å². The summed E-state index contributed by atoms with van der Waals surface area (Å²) in [6.45, 7) is 3.87. The normalized spacial score (nSPS) is 11.5. The van der Waals surface area contributed by atoms with Gasteiger partial charge in [0.05, 0.1) is 0 Å². The zero-order valence-electron chi connectivity index (χ0n) is 22.1. The van der Waals surface area contributed by atoms with E-state index in [1.165, 1.54) is 25.5 Å². The second-order valence-electron chi connectivity index (χ2n) is 9.09. The molecule has 0 aliphatic rings. The number of fused-ring (bicyclic) bond motifs is 2. The molecule has 39 heavy (non-hydrogen) atoms. The maximum atomic E-state index is 13.4. The average molecular weight is 647 g/mol. The molecule has 0 radical (unpaired) electrons. The molecule has 0 bridgehead atoms. The number of hydrogen-bond acceptors (Lipinski definition) is 8. The van der Waals surface area contributed by atoms with Crippen molar-refractivity contribution >= 4 is 62.4 Å². The number of aryl methyl sites for hydroxylation is 4. The highest BCUT2D eigenvalue weighted by Gasteiger charge is 2.21. The molecule has 16 heteroatoms. The fraction of sp³-hybridized carbons (Fsp3) is 0.565. The number of aromatic nitrogens is 8. The van der Waals surface area contributed by atoms with Crippen LogP contribution in [-0.4, -0.2) is 50.1 Å². The summed E-state index contributed by atoms with van der Waals surface area (Å²) in [5.41, 5.74) is 5.30. The van der Waals surface area contributed by atoms with Gasteiger partial charge in [-0.2, -0.15) is 0 Å². The first-order chi connectivity index (χ1) is 18.2. The summed E-state index contributed by atoms with van der Waals surface area (Å²) in [5.74, 6) is 0.641. The third kappa shape index (κ3) is 5.95. The van der Waals surface area contributed by atoms with Crippen molar-refractivity contribution in [1.29, 1.82) is 0 Å². The fourth-order valence-electron chi connectivity index (χ4n) is 4.43. The summed E-state index contributed by atoms with van der Waals surface area (Å²) in [6, 6.07) is 0. The Hall–Kier alpha value is -2.62. The number of hydrogen-bond donors (Lipinski definition) is 2. The van der Waals surface area contributed by atoms with E-state index in [0.29, 0.717) is 70.4 Å². The summed E-state index contributed by atoms with van der Waals surface area (Å²) in [5, 5.41) is 0.676. The van der Waals surface area contributed by atoms with Crippen LogP contribution in [0.2, 0.25) is 0 Å². The minimum absolute atomic E-state index is 0. The van der Waals surface area contributed by atoms with Gasteiger partial charge in [-0.25, -0.2) is 19.6 Å². The summed E-state index contributed by atoms with van der Waals surface area (Å²) in [7, 11) is 3.19. The molecule has 0 atom stereocenters. The number of nitrogens with zero attached hydrogens (tertiary/aromatic N) is 7. The molecule has 4 aromatic rings. The number of nitrogens with one attached hydrogen (secondary N) is 1. The van der Waals surface area contributed by atoms with E-state index in [9.17, 15) is 19.2 Å². The molecule has 214 valence electrons. The van der Waals surface area contributed by atoms with Crippen LogP contribution in [0.5, 0.6) is 0 Å². The van der Waals surface area contributed by atoms with Gasteiger partial charge in [-0.15, -0.1) is 12.4 Å². The van der Waals surface area contributed by atoms with Crippen LogP contribution in [0.25, 0.3) is 22.3 Å². The van der Waals surface area contributed by atoms with E-state index < -0.39 is 16.9 Å². The quantitative estimate of drug-likeness (QED) is 0.133. The van der Waals surface area contributed by atoms with E-state index in [2.05, 4.69) is 32.8 Å². The third-order valence-electron chi connectivity index (χ3n) is 6.49. The van der Waals surface area contributed by atoms with Crippen LogP contribution in [-0.2, 0) is 33.7 Å². The van der Waals surface area contributed by atoms with Crippen molar-refractivity contribution in [3.8, 4) is 0 Å². The Morgan fingerprint density at radius 3 is 2.23 bits per heavy atom. The first-order valence-corrected chi connectivity index (χ1v) is 14.4. The van der Waals surface area contributed by atoms with Gasteiger partial charge in [0, 0.05) is 39.5 Å². The lowest BCUT2D eigenvalue weighted by Crippen LogP contribution is -2.40. The zero-order chi connectivity index (χ0) is 27.6. The van der Waals surface area contributed by atoms with Crippen LogP contribution in [0.1, 0.15) is 39.0 Å². The van der Waals surface area contributed by atoms with Crippen molar-refractivity contribution in [1.82, 2.24) is 37.8 Å². The van der Waals surface area contributed by atoms with Crippen LogP contribution in [0.15, 0.2) is 29.1 Å². The average Bonchev–Trinajstić information content (AvgIpc) is 3.42. The fourth-order valence-corrected chi connectivity index (χ4v) is 5.90. The lowest BCUT2D eigenvalue weighted by atomic mass is 10.2. The van der Waals surface area contributed by atoms with Gasteiger partial charge in [-0.3, -0.25) is 28.3 Å². The minimum atomic E-state index is -0.520. The Balaban J connectivity index is 0.00000420. The lowest BCUT2D eigenvalue weighted by Gasteiger charge is -2.11. The van der Waals surface area contributed by atoms with Gasteiger partial charge in [0.1, 0.15) is 0 Å². The van der Waals surface area contributed by atoms with Crippen LogP contribution < -0.4 is 28.2 Å². The predicted octanol–water partition coefficient (Wildman–Crippen LogP) is 1.54. The van der Waals surface area contributed by atoms with E-state index in [4.69, 9.17) is 10.7 Å². The van der Waals surface area contributed by atoms with E-state index in [0.717, 1.165) is 19.3 Å². The molecule has 0 amide bonds. The van der Waals surface area contributed by atoms with Crippen LogP contribution in [0.4, 0.5) is 0 Å². The number of imidazole rings is 2. The monoisotopic (exact) mass is 645 g/mol. The molecule has 0 spiro atoms. The molecule has 0 aliphatic heterocycles. The molecule has 0 saturated heterocycles. The molecule has 0 aliphatic carbocycles. The number of rotatable bonds is 12. The minimum Gasteiger partial charge on any atom is -0.330 e. The highest BCUT2D eigenvalue weighted by molar-refractivity contribution is 9.10. The maximum absolute atomic E-state index is 13.4. The Labute approximate surface area is 242 Å². The summed E-state index contributed by atoms with van der Waals surface area (Å²) in [4.78, 5) is 62.0. The molecule has 13 nitrogen and oxygen atoms in total. The number of aromatic amines is 1. The van der Waals surface area contributed by atoms with Gasteiger partial charge in [0.15, 0.2) is 32.2 Å². The third-order valence-corrected chi connectivity index (χ3v) is 8.15. The van der Waals surface area contributed by atoms with Crippen LogP contribution >= 0.6 is 40.1 Å². The Morgan fingerprint density at radius 1 is 0.872 bits per heavy atom. The number of H-pyrrole nitrogens is 1. The standard InChI is InChI=1S/C23H32BrN9O4S.ClH/c1-4-5-6-10-32-15-17(30(3)23(37)33(19(15)35)11-7-9-25)27-22(32)38-13-8-12-31-14-16(26-20(31)24)29(2)21(36)28-18(14)34;/h4-13,25H2,1-3H3,(H,28,34,36);1H. The molecule has 4 rings (SSSR count). The van der Waals surface area contributed by atoms with Crippen molar-refractivity contribution in [3.05, 3.63) is 46.4 Å². The smallest absolute Gasteiger partial charge is 0.330 e. The van der Waals surface area contributed by atoms with Crippen molar-refractivity contribution in [2.75, 3.05) is 12.3 Å². The topological polar surface area (TPSA) is 161 Å². The maximum Gasteiger partial charge on any atom is 0.332 e. The number of nitrogens with two attached hydrogens (primary N) is 1. The molecular formula is C23H33BrClN9O4S. The summed E-state index contributed by atoms with van der Waals surface area (Å²) < 4.78 is 8.10. The van der Waals surface area contributed by atoms with Gasteiger partial charge in [-0.1, -0.05) is 31.5 Å². The molecule has 0 saturated carbocycles. The second kappa shape index (κ2) is 13.2. The van der Waals surface area contributed by atoms with Crippen LogP contribution in [0, 0.1) is 0 Å². The molecule has 4 heterocycles. The summed E-state index contributed by atoms with van der Waals surface area (Å²) >= 11 is 4.90. The molecule has 3 N–H and O–H groups in total. The van der Waals surface area contributed by atoms with E-state index in [1.54, 1.807) is 18.7 Å². The first kappa shape index (κ1) is 30.9. The Bertz CT molecular complexity index is 1720. The van der Waals surface area contributed by atoms with Gasteiger partial charge >= 0.3 is 11.4 Å². The highest BCUT2D eigenvalue weighted by Crippen LogP contribution is 2.24. The summed E-state index contributed by atoms with van der Waals surface area (Å²) in [6.07, 6.45) is 4.12. The van der Waals surface area contributed by atoms with E-state index in [-0.39, 0.29) is 24.5 Å². The molecule has 0 fully saturated rings. The van der Waals surface area contributed by atoms with E-state index in [1.807, 2.05) is 4.57 Å². The largest absolute Gasteiger partial charge is 0.332 e.